The molecule has 26 heavy (non-hydrogen) atoms. The molecule has 0 radical (unpaired) electrons. The number of fused-ring (bicyclic) bond motifs is 1. The fourth-order valence-corrected chi connectivity index (χ4v) is 2.66. The maximum Gasteiger partial charge on any atom is 0.319 e. The van der Waals surface area contributed by atoms with Gasteiger partial charge in [-0.15, -0.1) is 0 Å². The average molecular weight is 355 g/mol. The lowest BCUT2D eigenvalue weighted by molar-refractivity contribution is 0.251. The summed E-state index contributed by atoms with van der Waals surface area (Å²) in [5.41, 5.74) is 2.50. The van der Waals surface area contributed by atoms with Crippen molar-refractivity contribution in [2.24, 2.45) is 0 Å². The summed E-state index contributed by atoms with van der Waals surface area (Å²) in [5, 5.41) is 6.62. The van der Waals surface area contributed by atoms with Crippen LogP contribution in [0.25, 0.3) is 10.9 Å². The molecule has 0 saturated carbocycles. The molecule has 136 valence electrons. The maximum absolute atomic E-state index is 12.1. The van der Waals surface area contributed by atoms with Crippen molar-refractivity contribution in [3.05, 3.63) is 48.2 Å². The first-order valence-corrected chi connectivity index (χ1v) is 8.05. The van der Waals surface area contributed by atoms with Crippen LogP contribution in [-0.4, -0.2) is 32.3 Å². The number of benzene rings is 2. The molecule has 7 heteroatoms. The lowest BCUT2D eigenvalue weighted by Gasteiger charge is -2.11. The SMILES string of the molecule is COc1ccc2[nH]c(CNC(=O)Nc3ccc(OC)c(OC)c3)cc2c1. The van der Waals surface area contributed by atoms with E-state index in [1.807, 2.05) is 24.3 Å². The van der Waals surface area contributed by atoms with E-state index in [9.17, 15) is 4.79 Å². The number of aromatic nitrogens is 1. The number of rotatable bonds is 6. The van der Waals surface area contributed by atoms with E-state index in [4.69, 9.17) is 14.2 Å². The van der Waals surface area contributed by atoms with Crippen LogP contribution in [-0.2, 0) is 6.54 Å². The molecule has 0 saturated heterocycles. The van der Waals surface area contributed by atoms with Crippen molar-refractivity contribution in [2.45, 2.75) is 6.54 Å². The first kappa shape index (κ1) is 17.5. The lowest BCUT2D eigenvalue weighted by Crippen LogP contribution is -2.28. The van der Waals surface area contributed by atoms with E-state index in [-0.39, 0.29) is 6.03 Å². The summed E-state index contributed by atoms with van der Waals surface area (Å²) >= 11 is 0. The number of urea groups is 1. The van der Waals surface area contributed by atoms with Crippen LogP contribution < -0.4 is 24.8 Å². The first-order chi connectivity index (χ1) is 12.6. The van der Waals surface area contributed by atoms with Crippen LogP contribution in [0.5, 0.6) is 17.2 Å². The van der Waals surface area contributed by atoms with Crippen molar-refractivity contribution in [2.75, 3.05) is 26.6 Å². The van der Waals surface area contributed by atoms with Gasteiger partial charge in [-0.1, -0.05) is 0 Å². The van der Waals surface area contributed by atoms with Gasteiger partial charge in [-0.2, -0.15) is 0 Å². The second-order valence-electron chi connectivity index (χ2n) is 5.63. The highest BCUT2D eigenvalue weighted by Gasteiger charge is 2.08. The van der Waals surface area contributed by atoms with Crippen LogP contribution in [0.3, 0.4) is 0 Å². The third-order valence-corrected chi connectivity index (χ3v) is 3.96. The van der Waals surface area contributed by atoms with Crippen LogP contribution in [0.4, 0.5) is 10.5 Å². The van der Waals surface area contributed by atoms with Crippen LogP contribution >= 0.6 is 0 Å². The van der Waals surface area contributed by atoms with E-state index in [2.05, 4.69) is 15.6 Å². The van der Waals surface area contributed by atoms with E-state index in [1.54, 1.807) is 39.5 Å². The number of aromatic amines is 1. The average Bonchev–Trinajstić information content (AvgIpc) is 3.08. The van der Waals surface area contributed by atoms with E-state index in [0.29, 0.717) is 23.7 Å². The van der Waals surface area contributed by atoms with Gasteiger partial charge in [0.05, 0.1) is 27.9 Å². The molecule has 0 fully saturated rings. The minimum Gasteiger partial charge on any atom is -0.497 e. The second-order valence-corrected chi connectivity index (χ2v) is 5.63. The van der Waals surface area contributed by atoms with Crippen molar-refractivity contribution < 1.29 is 19.0 Å². The quantitative estimate of drug-likeness (QED) is 0.632. The normalized spacial score (nSPS) is 10.4. The molecule has 3 aromatic rings. The number of nitrogens with one attached hydrogen (secondary N) is 3. The molecule has 0 atom stereocenters. The number of methoxy groups -OCH3 is 3. The zero-order valence-electron chi connectivity index (χ0n) is 14.9. The van der Waals surface area contributed by atoms with Crippen molar-refractivity contribution in [3.63, 3.8) is 0 Å². The molecule has 0 spiro atoms. The third-order valence-electron chi connectivity index (χ3n) is 3.96. The van der Waals surface area contributed by atoms with E-state index >= 15 is 0 Å². The fraction of sp³-hybridized carbons (Fsp3) is 0.211. The highest BCUT2D eigenvalue weighted by atomic mass is 16.5. The van der Waals surface area contributed by atoms with E-state index < -0.39 is 0 Å². The Morgan fingerprint density at radius 1 is 0.962 bits per heavy atom. The number of hydrogen-bond acceptors (Lipinski definition) is 4. The number of amides is 2. The minimum atomic E-state index is -0.312. The summed E-state index contributed by atoms with van der Waals surface area (Å²) in [5.74, 6) is 1.95. The topological polar surface area (TPSA) is 84.6 Å². The molecule has 0 aliphatic carbocycles. The molecule has 7 nitrogen and oxygen atoms in total. The lowest BCUT2D eigenvalue weighted by atomic mass is 10.2. The van der Waals surface area contributed by atoms with Crippen molar-refractivity contribution in [3.8, 4) is 17.2 Å². The smallest absolute Gasteiger partial charge is 0.319 e. The summed E-state index contributed by atoms with van der Waals surface area (Å²) < 4.78 is 15.6. The predicted molar refractivity (Wildman–Crippen MR) is 100 cm³/mol. The standard InChI is InChI=1S/C19H21N3O4/c1-24-15-5-6-16-12(9-15)8-14(21-16)11-20-19(23)22-13-4-7-17(25-2)18(10-13)26-3/h4-10,21H,11H2,1-3H3,(H2,20,22,23). The summed E-state index contributed by atoms with van der Waals surface area (Å²) in [6.45, 7) is 0.371. The van der Waals surface area contributed by atoms with Crippen LogP contribution in [0.2, 0.25) is 0 Å². The van der Waals surface area contributed by atoms with Gasteiger partial charge in [0.2, 0.25) is 0 Å². The fourth-order valence-electron chi connectivity index (χ4n) is 2.66. The van der Waals surface area contributed by atoms with Gasteiger partial charge in [0, 0.05) is 28.4 Å². The predicted octanol–water partition coefficient (Wildman–Crippen LogP) is 3.52. The molecule has 0 unspecified atom stereocenters. The molecule has 2 aromatic carbocycles. The maximum atomic E-state index is 12.1. The van der Waals surface area contributed by atoms with Crippen molar-refractivity contribution >= 4 is 22.6 Å². The zero-order valence-corrected chi connectivity index (χ0v) is 14.9. The highest BCUT2D eigenvalue weighted by Crippen LogP contribution is 2.29. The molecule has 1 heterocycles. The Morgan fingerprint density at radius 3 is 2.50 bits per heavy atom. The second kappa shape index (κ2) is 7.69. The van der Waals surface area contributed by atoms with Gasteiger partial charge < -0.3 is 29.8 Å². The largest absolute Gasteiger partial charge is 0.497 e. The summed E-state index contributed by atoms with van der Waals surface area (Å²) in [4.78, 5) is 15.4. The number of carbonyl (C=O) groups is 1. The third kappa shape index (κ3) is 3.83. The molecule has 3 N–H and O–H groups in total. The van der Waals surface area contributed by atoms with E-state index in [1.165, 1.54) is 0 Å². The molecule has 3 rings (SSSR count). The van der Waals surface area contributed by atoms with Crippen LogP contribution in [0.15, 0.2) is 42.5 Å². The summed E-state index contributed by atoms with van der Waals surface area (Å²) in [7, 11) is 4.75. The Labute approximate surface area is 151 Å². The number of ether oxygens (including phenoxy) is 3. The van der Waals surface area contributed by atoms with Gasteiger partial charge in [0.1, 0.15) is 5.75 Å². The van der Waals surface area contributed by atoms with Gasteiger partial charge in [-0.25, -0.2) is 4.79 Å². The monoisotopic (exact) mass is 355 g/mol. The zero-order chi connectivity index (χ0) is 18.5. The summed E-state index contributed by atoms with van der Waals surface area (Å²) in [6, 6.07) is 12.6. The molecule has 0 aliphatic heterocycles. The van der Waals surface area contributed by atoms with Gasteiger partial charge in [0.25, 0.3) is 0 Å². The van der Waals surface area contributed by atoms with Crippen molar-refractivity contribution in [1.82, 2.24) is 10.3 Å². The van der Waals surface area contributed by atoms with Gasteiger partial charge in [-0.05, 0) is 36.4 Å². The molecule has 0 aliphatic rings. The summed E-state index contributed by atoms with van der Waals surface area (Å²) in [6.07, 6.45) is 0. The Hall–Kier alpha value is -3.35. The van der Waals surface area contributed by atoms with Gasteiger partial charge >= 0.3 is 6.03 Å². The molecule has 0 bridgehead atoms. The molecule has 2 amide bonds. The minimum absolute atomic E-state index is 0.312. The first-order valence-electron chi connectivity index (χ1n) is 8.05. The van der Waals surface area contributed by atoms with E-state index in [0.717, 1.165) is 22.3 Å². The number of carbonyl (C=O) groups excluding carboxylic acids is 1. The Balaban J connectivity index is 1.62. The highest BCUT2D eigenvalue weighted by molar-refractivity contribution is 5.89. The Bertz CT molecular complexity index is 920. The molecule has 1 aromatic heterocycles. The molecular weight excluding hydrogens is 334 g/mol. The van der Waals surface area contributed by atoms with Gasteiger partial charge in [-0.3, -0.25) is 0 Å². The number of anilines is 1. The number of hydrogen-bond donors (Lipinski definition) is 3. The Morgan fingerprint density at radius 2 is 1.77 bits per heavy atom. The molecular formula is C19H21N3O4. The van der Waals surface area contributed by atoms with Gasteiger partial charge in [0.15, 0.2) is 11.5 Å². The van der Waals surface area contributed by atoms with Crippen LogP contribution in [0.1, 0.15) is 5.69 Å². The Kier molecular flexibility index (Phi) is 5.17. The van der Waals surface area contributed by atoms with Crippen LogP contribution in [0, 0.1) is 0 Å². The van der Waals surface area contributed by atoms with Crippen molar-refractivity contribution in [1.29, 1.82) is 0 Å². The number of H-pyrrole nitrogens is 1.